The van der Waals surface area contributed by atoms with Crippen LogP contribution in [0.2, 0.25) is 0 Å². The van der Waals surface area contributed by atoms with Crippen molar-refractivity contribution < 1.29 is 19.0 Å². The summed E-state index contributed by atoms with van der Waals surface area (Å²) in [5.41, 5.74) is 2.34. The van der Waals surface area contributed by atoms with E-state index in [0.29, 0.717) is 18.9 Å². The van der Waals surface area contributed by atoms with Crippen molar-refractivity contribution in [2.24, 2.45) is 5.92 Å². The minimum Gasteiger partial charge on any atom is -0.444 e. The summed E-state index contributed by atoms with van der Waals surface area (Å²) < 4.78 is 16.9. The van der Waals surface area contributed by atoms with Crippen molar-refractivity contribution in [2.45, 2.75) is 19.6 Å². The average Bonchev–Trinajstić information content (AvgIpc) is 3.10. The first kappa shape index (κ1) is 19.0. The summed E-state index contributed by atoms with van der Waals surface area (Å²) >= 11 is 0. The van der Waals surface area contributed by atoms with Gasteiger partial charge in [-0.25, -0.2) is 4.79 Å². The number of rotatable bonds is 7. The maximum Gasteiger partial charge on any atom is 0.411 e. The van der Waals surface area contributed by atoms with Gasteiger partial charge in [0.05, 0.1) is 13.2 Å². The lowest BCUT2D eigenvalue weighted by atomic mass is 9.94. The van der Waals surface area contributed by atoms with Gasteiger partial charge in [0, 0.05) is 17.2 Å². The summed E-state index contributed by atoms with van der Waals surface area (Å²) in [5.74, 6) is -0.541. The van der Waals surface area contributed by atoms with Crippen molar-refractivity contribution in [2.75, 3.05) is 25.1 Å². The molecule has 0 atom stereocenters. The average molecular weight is 343 g/mol. The number of nitrogens with one attached hydrogen (secondary N) is 1. The molecule has 0 saturated carbocycles. The first-order valence-corrected chi connectivity index (χ1v) is 8.28. The van der Waals surface area contributed by atoms with E-state index in [1.807, 2.05) is 12.1 Å². The fourth-order valence-corrected chi connectivity index (χ4v) is 2.68. The summed E-state index contributed by atoms with van der Waals surface area (Å²) in [6.45, 7) is 12.7. The molecule has 1 N–H and O–H groups in total. The number of amides is 1. The molecule has 0 bridgehead atoms. The standard InChI is InChI=1S/C20H25NO4/c1-5-7-16(6-2)14-23-19(22)21-18-10-8-17(9-11-18)20(15(3)4)24-12-13-25-20/h5-11,15H,1-2,12-14H2,3-4H3,(H,21,22)/b16-7+. The molecule has 0 radical (unpaired) electrons. The molecule has 25 heavy (non-hydrogen) atoms. The molecule has 2 rings (SSSR count). The molecule has 134 valence electrons. The third-order valence-electron chi connectivity index (χ3n) is 3.97. The maximum atomic E-state index is 11.9. The molecule has 5 nitrogen and oxygen atoms in total. The Hall–Kier alpha value is -2.37. The number of carbonyl (C=O) groups is 1. The Morgan fingerprint density at radius 2 is 1.92 bits per heavy atom. The predicted octanol–water partition coefficient (Wildman–Crippen LogP) is 4.39. The molecule has 0 unspecified atom stereocenters. The Kier molecular flexibility index (Phi) is 6.56. The van der Waals surface area contributed by atoms with Gasteiger partial charge < -0.3 is 14.2 Å². The van der Waals surface area contributed by atoms with Crippen molar-refractivity contribution in [3.63, 3.8) is 0 Å². The predicted molar refractivity (Wildman–Crippen MR) is 98.3 cm³/mol. The van der Waals surface area contributed by atoms with Gasteiger partial charge in [0.1, 0.15) is 6.61 Å². The van der Waals surface area contributed by atoms with Crippen LogP contribution in [0.4, 0.5) is 10.5 Å². The fraction of sp³-hybridized carbons (Fsp3) is 0.350. The second-order valence-corrected chi connectivity index (χ2v) is 5.98. The molecule has 5 heteroatoms. The van der Waals surface area contributed by atoms with Crippen LogP contribution in [-0.4, -0.2) is 25.9 Å². The minimum absolute atomic E-state index is 0.136. The van der Waals surface area contributed by atoms with Crippen molar-refractivity contribution in [3.8, 4) is 0 Å². The van der Waals surface area contributed by atoms with Gasteiger partial charge in [0.2, 0.25) is 0 Å². The highest BCUT2D eigenvalue weighted by Gasteiger charge is 2.41. The fourth-order valence-electron chi connectivity index (χ4n) is 2.68. The molecule has 1 aromatic rings. The van der Waals surface area contributed by atoms with E-state index in [1.165, 1.54) is 0 Å². The largest absolute Gasteiger partial charge is 0.444 e. The van der Waals surface area contributed by atoms with E-state index >= 15 is 0 Å². The second kappa shape index (κ2) is 8.65. The van der Waals surface area contributed by atoms with Gasteiger partial charge in [-0.15, -0.1) is 0 Å². The molecule has 1 amide bonds. The van der Waals surface area contributed by atoms with Crippen LogP contribution in [0.5, 0.6) is 0 Å². The quantitative estimate of drug-likeness (QED) is 0.746. The molecule has 1 aromatic carbocycles. The second-order valence-electron chi connectivity index (χ2n) is 5.98. The van der Waals surface area contributed by atoms with E-state index in [9.17, 15) is 4.79 Å². The maximum absolute atomic E-state index is 11.9. The number of hydrogen-bond acceptors (Lipinski definition) is 4. The molecule has 1 fully saturated rings. The lowest BCUT2D eigenvalue weighted by Crippen LogP contribution is -2.33. The number of benzene rings is 1. The zero-order chi connectivity index (χ0) is 18.3. The van der Waals surface area contributed by atoms with Crippen LogP contribution in [0.25, 0.3) is 0 Å². The molecule has 1 aliphatic rings. The Bertz CT molecular complexity index is 640. The van der Waals surface area contributed by atoms with Crippen molar-refractivity contribution in [1.82, 2.24) is 0 Å². The Labute approximate surface area is 149 Å². The summed E-state index contributed by atoms with van der Waals surface area (Å²) in [5, 5.41) is 2.69. The van der Waals surface area contributed by atoms with Crippen LogP contribution >= 0.6 is 0 Å². The van der Waals surface area contributed by atoms with Gasteiger partial charge in [-0.05, 0) is 17.7 Å². The van der Waals surface area contributed by atoms with Crippen molar-refractivity contribution in [3.05, 3.63) is 66.8 Å². The van der Waals surface area contributed by atoms with Gasteiger partial charge in [-0.2, -0.15) is 0 Å². The Morgan fingerprint density at radius 1 is 1.28 bits per heavy atom. The van der Waals surface area contributed by atoms with Crippen LogP contribution in [-0.2, 0) is 20.0 Å². The summed E-state index contributed by atoms with van der Waals surface area (Å²) in [7, 11) is 0. The van der Waals surface area contributed by atoms with E-state index in [-0.39, 0.29) is 12.5 Å². The van der Waals surface area contributed by atoms with E-state index < -0.39 is 11.9 Å². The van der Waals surface area contributed by atoms with E-state index in [1.54, 1.807) is 30.4 Å². The van der Waals surface area contributed by atoms with Gasteiger partial charge in [0.25, 0.3) is 0 Å². The first-order valence-electron chi connectivity index (χ1n) is 8.28. The van der Waals surface area contributed by atoms with Crippen LogP contribution < -0.4 is 5.32 Å². The molecular weight excluding hydrogens is 318 g/mol. The summed E-state index contributed by atoms with van der Waals surface area (Å²) in [4.78, 5) is 11.9. The highest BCUT2D eigenvalue weighted by Crippen LogP contribution is 2.38. The van der Waals surface area contributed by atoms with Crippen molar-refractivity contribution >= 4 is 11.8 Å². The third-order valence-corrected chi connectivity index (χ3v) is 3.97. The van der Waals surface area contributed by atoms with Crippen LogP contribution in [0.1, 0.15) is 19.4 Å². The van der Waals surface area contributed by atoms with Gasteiger partial charge in [-0.1, -0.05) is 57.4 Å². The number of carbonyl (C=O) groups excluding carboxylic acids is 1. The minimum atomic E-state index is -0.715. The smallest absolute Gasteiger partial charge is 0.411 e. The molecule has 1 saturated heterocycles. The summed E-state index contributed by atoms with van der Waals surface area (Å²) in [6, 6.07) is 7.40. The van der Waals surface area contributed by atoms with E-state index in [4.69, 9.17) is 14.2 Å². The summed E-state index contributed by atoms with van der Waals surface area (Å²) in [6.07, 6.45) is 4.45. The Balaban J connectivity index is 1.98. The molecular formula is C20H25NO4. The topological polar surface area (TPSA) is 56.8 Å². The lowest BCUT2D eigenvalue weighted by Gasteiger charge is -2.31. The van der Waals surface area contributed by atoms with Gasteiger partial charge in [-0.3, -0.25) is 5.32 Å². The number of ether oxygens (including phenoxy) is 3. The monoisotopic (exact) mass is 343 g/mol. The lowest BCUT2D eigenvalue weighted by molar-refractivity contribution is -0.197. The first-order chi connectivity index (χ1) is 12.0. The zero-order valence-electron chi connectivity index (χ0n) is 14.8. The van der Waals surface area contributed by atoms with Crippen LogP contribution in [0, 0.1) is 5.92 Å². The third kappa shape index (κ3) is 4.59. The van der Waals surface area contributed by atoms with Crippen LogP contribution in [0.15, 0.2) is 61.2 Å². The van der Waals surface area contributed by atoms with Crippen LogP contribution in [0.3, 0.4) is 0 Å². The van der Waals surface area contributed by atoms with Gasteiger partial charge >= 0.3 is 6.09 Å². The number of anilines is 1. The SMILES string of the molecule is C=C/C=C(\C=C)COC(=O)Nc1ccc(C2(C(C)C)OCCO2)cc1. The highest BCUT2D eigenvalue weighted by molar-refractivity contribution is 5.84. The molecule has 0 aliphatic carbocycles. The highest BCUT2D eigenvalue weighted by atomic mass is 16.7. The normalized spacial score (nSPS) is 16.5. The molecule has 1 aliphatic heterocycles. The van der Waals surface area contributed by atoms with Gasteiger partial charge in [0.15, 0.2) is 5.79 Å². The molecule has 1 heterocycles. The number of allylic oxidation sites excluding steroid dienone is 2. The van der Waals surface area contributed by atoms with E-state index in [0.717, 1.165) is 11.1 Å². The van der Waals surface area contributed by atoms with Crippen molar-refractivity contribution in [1.29, 1.82) is 0 Å². The Morgan fingerprint density at radius 3 is 2.44 bits per heavy atom. The molecule has 0 spiro atoms. The number of hydrogen-bond donors (Lipinski definition) is 1. The van der Waals surface area contributed by atoms with E-state index in [2.05, 4.69) is 32.3 Å². The molecule has 0 aromatic heterocycles. The zero-order valence-corrected chi connectivity index (χ0v) is 14.8.